The molecule has 5 heteroatoms. The molecule has 1 aromatic rings. The Morgan fingerprint density at radius 1 is 1.61 bits per heavy atom. The molecule has 0 bridgehead atoms. The fraction of sp³-hybridized carbons (Fsp3) is 0.462. The van der Waals surface area contributed by atoms with E-state index in [4.69, 9.17) is 5.73 Å². The largest absolute Gasteiger partial charge is 0.332 e. The van der Waals surface area contributed by atoms with Crippen LogP contribution in [0, 0.1) is 12.7 Å². The predicted octanol–water partition coefficient (Wildman–Crippen LogP) is 0.507. The summed E-state index contributed by atoms with van der Waals surface area (Å²) in [6.45, 7) is 4.29. The molecule has 1 aromatic carbocycles. The number of nitrogens with two attached hydrogens (primary N) is 1. The van der Waals surface area contributed by atoms with Crippen molar-refractivity contribution in [2.24, 2.45) is 5.73 Å². The molecule has 1 unspecified atom stereocenters. The molecule has 1 saturated heterocycles. The Bertz CT molecular complexity index is 450. The number of hydrogen-bond acceptors (Lipinski definition) is 3. The van der Waals surface area contributed by atoms with E-state index in [-0.39, 0.29) is 17.8 Å². The average molecular weight is 251 g/mol. The van der Waals surface area contributed by atoms with Gasteiger partial charge < -0.3 is 16.0 Å². The van der Waals surface area contributed by atoms with Crippen LogP contribution in [0.25, 0.3) is 0 Å². The van der Waals surface area contributed by atoms with Crippen molar-refractivity contribution in [1.82, 2.24) is 10.2 Å². The maximum absolute atomic E-state index is 13.0. The second-order valence-electron chi connectivity index (χ2n) is 4.55. The Morgan fingerprint density at radius 3 is 3.06 bits per heavy atom. The molecule has 1 aliphatic rings. The van der Waals surface area contributed by atoms with Crippen LogP contribution < -0.4 is 11.1 Å². The van der Waals surface area contributed by atoms with Gasteiger partial charge in [0.2, 0.25) is 0 Å². The first kappa shape index (κ1) is 13.0. The number of carbonyl (C=O) groups is 1. The van der Waals surface area contributed by atoms with Crippen molar-refractivity contribution in [3.8, 4) is 0 Å². The maximum Gasteiger partial charge on any atom is 0.254 e. The number of aryl methyl sites for hydroxylation is 1. The number of piperazine rings is 1. The zero-order valence-corrected chi connectivity index (χ0v) is 10.4. The minimum absolute atomic E-state index is 0.00991. The van der Waals surface area contributed by atoms with Crippen LogP contribution in [0.5, 0.6) is 0 Å². The highest BCUT2D eigenvalue weighted by Gasteiger charge is 2.27. The minimum atomic E-state index is -0.320. The molecule has 1 amide bonds. The summed E-state index contributed by atoms with van der Waals surface area (Å²) in [4.78, 5) is 14.2. The first-order valence-corrected chi connectivity index (χ1v) is 6.11. The molecule has 0 radical (unpaired) electrons. The second-order valence-corrected chi connectivity index (χ2v) is 4.55. The lowest BCUT2D eigenvalue weighted by Crippen LogP contribution is -2.56. The van der Waals surface area contributed by atoms with Gasteiger partial charge >= 0.3 is 0 Å². The highest BCUT2D eigenvalue weighted by atomic mass is 19.1. The number of amides is 1. The number of benzene rings is 1. The van der Waals surface area contributed by atoms with Crippen molar-refractivity contribution in [2.75, 3.05) is 26.2 Å². The van der Waals surface area contributed by atoms with Gasteiger partial charge in [-0.25, -0.2) is 4.39 Å². The van der Waals surface area contributed by atoms with E-state index in [2.05, 4.69) is 5.32 Å². The second kappa shape index (κ2) is 5.46. The van der Waals surface area contributed by atoms with Crippen LogP contribution in [0.2, 0.25) is 0 Å². The first-order chi connectivity index (χ1) is 8.63. The molecule has 1 aliphatic heterocycles. The topological polar surface area (TPSA) is 58.4 Å². The number of rotatable bonds is 2. The predicted molar refractivity (Wildman–Crippen MR) is 67.9 cm³/mol. The summed E-state index contributed by atoms with van der Waals surface area (Å²) in [7, 11) is 0. The lowest BCUT2D eigenvalue weighted by atomic mass is 10.1. The van der Waals surface area contributed by atoms with Crippen LogP contribution >= 0.6 is 0 Å². The van der Waals surface area contributed by atoms with Gasteiger partial charge in [0.05, 0.1) is 6.04 Å². The maximum atomic E-state index is 13.0. The zero-order valence-electron chi connectivity index (χ0n) is 10.4. The van der Waals surface area contributed by atoms with Gasteiger partial charge in [-0.15, -0.1) is 0 Å². The van der Waals surface area contributed by atoms with Gasteiger partial charge in [-0.1, -0.05) is 0 Å². The van der Waals surface area contributed by atoms with E-state index in [1.807, 2.05) is 0 Å². The van der Waals surface area contributed by atoms with Gasteiger partial charge in [0.15, 0.2) is 0 Å². The van der Waals surface area contributed by atoms with E-state index in [1.54, 1.807) is 17.9 Å². The molecule has 0 aliphatic carbocycles. The summed E-state index contributed by atoms with van der Waals surface area (Å²) in [6, 6.07) is 4.26. The Morgan fingerprint density at radius 2 is 2.39 bits per heavy atom. The molecule has 0 spiro atoms. The highest BCUT2D eigenvalue weighted by Crippen LogP contribution is 2.15. The standard InChI is InChI=1S/C13H18FN3O/c1-9-6-10(14)2-3-12(9)13(18)17-5-4-16-8-11(17)7-15/h2-3,6,11,16H,4-5,7-8,15H2,1H3. The van der Waals surface area contributed by atoms with Crippen molar-refractivity contribution in [2.45, 2.75) is 13.0 Å². The van der Waals surface area contributed by atoms with E-state index in [0.717, 1.165) is 6.54 Å². The van der Waals surface area contributed by atoms with Crippen LogP contribution in [0.15, 0.2) is 18.2 Å². The van der Waals surface area contributed by atoms with Crippen LogP contribution in [-0.2, 0) is 0 Å². The summed E-state index contributed by atoms with van der Waals surface area (Å²) >= 11 is 0. The third-order valence-corrected chi connectivity index (χ3v) is 3.30. The SMILES string of the molecule is Cc1cc(F)ccc1C(=O)N1CCNCC1CN. The van der Waals surface area contributed by atoms with Crippen LogP contribution in [-0.4, -0.2) is 43.0 Å². The monoisotopic (exact) mass is 251 g/mol. The van der Waals surface area contributed by atoms with E-state index in [1.165, 1.54) is 12.1 Å². The smallest absolute Gasteiger partial charge is 0.254 e. The number of halogens is 1. The number of carbonyl (C=O) groups excluding carboxylic acids is 1. The van der Waals surface area contributed by atoms with Crippen LogP contribution in [0.1, 0.15) is 15.9 Å². The number of hydrogen-bond donors (Lipinski definition) is 2. The lowest BCUT2D eigenvalue weighted by molar-refractivity contribution is 0.0644. The van der Waals surface area contributed by atoms with E-state index in [9.17, 15) is 9.18 Å². The molecule has 1 atom stereocenters. The fourth-order valence-electron chi connectivity index (χ4n) is 2.26. The van der Waals surface area contributed by atoms with E-state index in [0.29, 0.717) is 30.8 Å². The Balaban J connectivity index is 2.24. The minimum Gasteiger partial charge on any atom is -0.332 e. The summed E-state index contributed by atoms with van der Waals surface area (Å²) < 4.78 is 13.0. The normalized spacial score (nSPS) is 19.9. The fourth-order valence-corrected chi connectivity index (χ4v) is 2.26. The molecule has 2 rings (SSSR count). The van der Waals surface area contributed by atoms with Gasteiger partial charge in [-0.05, 0) is 30.7 Å². The Labute approximate surface area is 106 Å². The van der Waals surface area contributed by atoms with Crippen molar-refractivity contribution in [1.29, 1.82) is 0 Å². The van der Waals surface area contributed by atoms with Gasteiger partial charge in [0.1, 0.15) is 5.82 Å². The van der Waals surface area contributed by atoms with Crippen molar-refractivity contribution in [3.63, 3.8) is 0 Å². The number of nitrogens with one attached hydrogen (secondary N) is 1. The molecular formula is C13H18FN3O. The quantitative estimate of drug-likeness (QED) is 0.805. The highest BCUT2D eigenvalue weighted by molar-refractivity contribution is 5.96. The van der Waals surface area contributed by atoms with Gasteiger partial charge in [0.25, 0.3) is 5.91 Å². The molecule has 1 fully saturated rings. The third kappa shape index (κ3) is 2.52. The molecule has 0 saturated carbocycles. The first-order valence-electron chi connectivity index (χ1n) is 6.11. The Kier molecular flexibility index (Phi) is 3.93. The van der Waals surface area contributed by atoms with Gasteiger partial charge in [-0.3, -0.25) is 4.79 Å². The molecule has 18 heavy (non-hydrogen) atoms. The summed E-state index contributed by atoms with van der Waals surface area (Å²) in [6.07, 6.45) is 0. The summed E-state index contributed by atoms with van der Waals surface area (Å²) in [5, 5.41) is 3.21. The molecule has 0 aromatic heterocycles. The van der Waals surface area contributed by atoms with Crippen molar-refractivity contribution in [3.05, 3.63) is 35.1 Å². The zero-order chi connectivity index (χ0) is 13.1. The average Bonchev–Trinajstić information content (AvgIpc) is 2.38. The summed E-state index contributed by atoms with van der Waals surface area (Å²) in [5.41, 5.74) is 6.89. The molecule has 4 nitrogen and oxygen atoms in total. The van der Waals surface area contributed by atoms with Crippen molar-refractivity contribution < 1.29 is 9.18 Å². The molecule has 98 valence electrons. The van der Waals surface area contributed by atoms with Crippen molar-refractivity contribution >= 4 is 5.91 Å². The number of nitrogens with zero attached hydrogens (tertiary/aromatic N) is 1. The van der Waals surface area contributed by atoms with Crippen LogP contribution in [0.3, 0.4) is 0 Å². The van der Waals surface area contributed by atoms with E-state index >= 15 is 0 Å². The summed E-state index contributed by atoms with van der Waals surface area (Å²) in [5.74, 6) is -0.385. The molecule has 3 N–H and O–H groups in total. The Hall–Kier alpha value is -1.46. The lowest BCUT2D eigenvalue weighted by Gasteiger charge is -2.35. The third-order valence-electron chi connectivity index (χ3n) is 3.30. The molecule has 1 heterocycles. The van der Waals surface area contributed by atoms with Gasteiger partial charge in [0, 0.05) is 31.7 Å². The van der Waals surface area contributed by atoms with Gasteiger partial charge in [-0.2, -0.15) is 0 Å². The van der Waals surface area contributed by atoms with E-state index < -0.39 is 0 Å². The van der Waals surface area contributed by atoms with Crippen LogP contribution in [0.4, 0.5) is 4.39 Å². The molecular weight excluding hydrogens is 233 g/mol.